The fourth-order valence-corrected chi connectivity index (χ4v) is 2.58. The van der Waals surface area contributed by atoms with Crippen LogP contribution in [0.15, 0.2) is 10.4 Å². The van der Waals surface area contributed by atoms with Gasteiger partial charge in [0.2, 0.25) is 0 Å². The highest BCUT2D eigenvalue weighted by molar-refractivity contribution is 7.82. The van der Waals surface area contributed by atoms with Crippen LogP contribution in [-0.4, -0.2) is 9.97 Å². The summed E-state index contributed by atoms with van der Waals surface area (Å²) in [6.07, 6.45) is 0. The van der Waals surface area contributed by atoms with Crippen molar-refractivity contribution in [2.75, 3.05) is 0 Å². The lowest BCUT2D eigenvalue weighted by molar-refractivity contribution is 1.28. The summed E-state index contributed by atoms with van der Waals surface area (Å²) < 4.78 is 1.57. The van der Waals surface area contributed by atoms with E-state index in [4.69, 9.17) is 23.2 Å². The second-order valence-corrected chi connectivity index (χ2v) is 4.58. The molecular weight excluding hydrogens is 235 g/mol. The zero-order valence-electron chi connectivity index (χ0n) is 5.58. The predicted molar refractivity (Wildman–Crippen MR) is 54.7 cm³/mol. The molecule has 0 radical (unpaired) electrons. The van der Waals surface area contributed by atoms with Crippen LogP contribution in [0.1, 0.15) is 0 Å². The van der Waals surface area contributed by atoms with Gasteiger partial charge in [0.15, 0.2) is 5.15 Å². The molecule has 62 valence electrons. The number of hydrogen-bond acceptors (Lipinski definition) is 4. The number of halogens is 2. The number of thiol groups is 1. The van der Waals surface area contributed by atoms with E-state index in [9.17, 15) is 0 Å². The number of nitrogens with zero attached hydrogens (tertiary/aromatic N) is 2. The molecule has 0 aliphatic carbocycles. The number of hydrogen-bond donors (Lipinski definition) is 1. The number of rotatable bonds is 0. The van der Waals surface area contributed by atoms with Crippen LogP contribution in [0, 0.1) is 0 Å². The Morgan fingerprint density at radius 3 is 2.83 bits per heavy atom. The van der Waals surface area contributed by atoms with Crippen molar-refractivity contribution >= 4 is 57.4 Å². The van der Waals surface area contributed by atoms with Gasteiger partial charge in [-0.25, -0.2) is 9.97 Å². The Morgan fingerprint density at radius 2 is 2.08 bits per heavy atom. The molecule has 0 aromatic carbocycles. The molecule has 2 aromatic heterocycles. The molecule has 0 aliphatic rings. The molecular formula is C6H2Cl2N2S2. The third-order valence-corrected chi connectivity index (χ3v) is 2.93. The zero-order chi connectivity index (χ0) is 8.72. The van der Waals surface area contributed by atoms with Crippen molar-refractivity contribution in [2.24, 2.45) is 0 Å². The molecule has 0 saturated heterocycles. The highest BCUT2D eigenvalue weighted by Crippen LogP contribution is 2.30. The maximum absolute atomic E-state index is 5.79. The average Bonchev–Trinajstić information content (AvgIpc) is 2.29. The standard InChI is InChI=1S/C6H2Cl2N2S2/c7-3-1-2-4(5(8)9-3)10-6(11)12-2/h1H,(H,10,11). The summed E-state index contributed by atoms with van der Waals surface area (Å²) in [5.74, 6) is 0. The molecule has 2 rings (SSSR count). The van der Waals surface area contributed by atoms with E-state index >= 15 is 0 Å². The second kappa shape index (κ2) is 3.03. The van der Waals surface area contributed by atoms with Gasteiger partial charge in [0, 0.05) is 0 Å². The molecule has 0 spiro atoms. The minimum absolute atomic E-state index is 0.328. The first kappa shape index (κ1) is 8.56. The van der Waals surface area contributed by atoms with Crippen molar-refractivity contribution in [2.45, 2.75) is 4.34 Å². The highest BCUT2D eigenvalue weighted by atomic mass is 35.5. The quantitative estimate of drug-likeness (QED) is 0.562. The van der Waals surface area contributed by atoms with Crippen molar-refractivity contribution in [1.82, 2.24) is 9.97 Å². The Labute approximate surface area is 88.0 Å². The molecule has 0 atom stereocenters. The van der Waals surface area contributed by atoms with E-state index in [1.807, 2.05) is 0 Å². The number of aromatic nitrogens is 2. The van der Waals surface area contributed by atoms with Crippen LogP contribution in [0.25, 0.3) is 10.2 Å². The van der Waals surface area contributed by atoms with Gasteiger partial charge in [-0.15, -0.1) is 24.0 Å². The summed E-state index contributed by atoms with van der Waals surface area (Å²) >= 11 is 17.0. The lowest BCUT2D eigenvalue weighted by Crippen LogP contribution is -1.77. The Balaban J connectivity index is 2.88. The molecule has 2 heterocycles. The van der Waals surface area contributed by atoms with Crippen LogP contribution < -0.4 is 0 Å². The fraction of sp³-hybridized carbons (Fsp3) is 0. The van der Waals surface area contributed by atoms with Gasteiger partial charge in [-0.2, -0.15) is 0 Å². The minimum atomic E-state index is 0.328. The van der Waals surface area contributed by atoms with Gasteiger partial charge >= 0.3 is 0 Å². The summed E-state index contributed by atoms with van der Waals surface area (Å²) in [5.41, 5.74) is 0.663. The molecule has 0 amide bonds. The zero-order valence-corrected chi connectivity index (χ0v) is 8.81. The first-order valence-corrected chi connectivity index (χ1v) is 5.00. The third-order valence-electron chi connectivity index (χ3n) is 1.29. The highest BCUT2D eigenvalue weighted by Gasteiger charge is 2.07. The molecule has 12 heavy (non-hydrogen) atoms. The Hall–Kier alpha value is -0.0300. The van der Waals surface area contributed by atoms with Crippen LogP contribution >= 0.6 is 47.2 Å². The summed E-state index contributed by atoms with van der Waals surface area (Å²) in [6.45, 7) is 0. The molecule has 0 unspecified atom stereocenters. The molecule has 0 N–H and O–H groups in total. The summed E-state index contributed by atoms with van der Waals surface area (Å²) in [7, 11) is 0. The smallest absolute Gasteiger partial charge is 0.157 e. The van der Waals surface area contributed by atoms with Gasteiger partial charge in [0.1, 0.15) is 15.0 Å². The normalized spacial score (nSPS) is 10.9. The molecule has 0 saturated carbocycles. The Kier molecular flexibility index (Phi) is 2.16. The third kappa shape index (κ3) is 1.40. The topological polar surface area (TPSA) is 25.8 Å². The van der Waals surface area contributed by atoms with Crippen LogP contribution in [0.4, 0.5) is 0 Å². The summed E-state index contributed by atoms with van der Waals surface area (Å²) in [4.78, 5) is 7.94. The van der Waals surface area contributed by atoms with Crippen LogP contribution in [0.3, 0.4) is 0 Å². The van der Waals surface area contributed by atoms with E-state index in [0.29, 0.717) is 20.2 Å². The summed E-state index contributed by atoms with van der Waals surface area (Å²) in [5, 5.41) is 0.707. The van der Waals surface area contributed by atoms with Crippen LogP contribution in [0.5, 0.6) is 0 Å². The van der Waals surface area contributed by atoms with E-state index < -0.39 is 0 Å². The second-order valence-electron chi connectivity index (χ2n) is 2.08. The van der Waals surface area contributed by atoms with Gasteiger partial charge < -0.3 is 0 Å². The van der Waals surface area contributed by atoms with Gasteiger partial charge in [0.25, 0.3) is 0 Å². The van der Waals surface area contributed by atoms with E-state index in [2.05, 4.69) is 22.6 Å². The molecule has 2 aromatic rings. The Bertz CT molecular complexity index is 440. The molecule has 0 aliphatic heterocycles. The number of thiazole rings is 1. The first-order valence-electron chi connectivity index (χ1n) is 2.98. The first-order chi connectivity index (χ1) is 5.66. The van der Waals surface area contributed by atoms with Crippen molar-refractivity contribution in [3.8, 4) is 0 Å². The maximum atomic E-state index is 5.79. The SMILES string of the molecule is Sc1nc2c(Cl)nc(Cl)cc2s1. The lowest BCUT2D eigenvalue weighted by atomic mass is 10.4. The maximum Gasteiger partial charge on any atom is 0.157 e. The van der Waals surface area contributed by atoms with Gasteiger partial charge in [-0.05, 0) is 6.07 Å². The van der Waals surface area contributed by atoms with Gasteiger partial charge in [-0.3, -0.25) is 0 Å². The molecule has 0 bridgehead atoms. The largest absolute Gasteiger partial charge is 0.227 e. The van der Waals surface area contributed by atoms with Crippen molar-refractivity contribution in [3.05, 3.63) is 16.4 Å². The number of pyridine rings is 1. The van der Waals surface area contributed by atoms with Crippen molar-refractivity contribution < 1.29 is 0 Å². The monoisotopic (exact) mass is 236 g/mol. The average molecular weight is 237 g/mol. The van der Waals surface area contributed by atoms with Crippen LogP contribution in [0.2, 0.25) is 10.3 Å². The predicted octanol–water partition coefficient (Wildman–Crippen LogP) is 3.29. The van der Waals surface area contributed by atoms with Gasteiger partial charge in [-0.1, -0.05) is 23.2 Å². The van der Waals surface area contributed by atoms with Gasteiger partial charge in [0.05, 0.1) is 4.70 Å². The Morgan fingerprint density at radius 1 is 1.33 bits per heavy atom. The van der Waals surface area contributed by atoms with E-state index in [1.165, 1.54) is 11.3 Å². The number of fused-ring (bicyclic) bond motifs is 1. The van der Waals surface area contributed by atoms with E-state index in [0.717, 1.165) is 4.70 Å². The van der Waals surface area contributed by atoms with Crippen molar-refractivity contribution in [1.29, 1.82) is 0 Å². The molecule has 0 fully saturated rings. The fourth-order valence-electron chi connectivity index (χ4n) is 0.853. The van der Waals surface area contributed by atoms with Crippen molar-refractivity contribution in [3.63, 3.8) is 0 Å². The molecule has 2 nitrogen and oxygen atoms in total. The van der Waals surface area contributed by atoms with Crippen LogP contribution in [-0.2, 0) is 0 Å². The molecule has 6 heteroatoms. The summed E-state index contributed by atoms with van der Waals surface area (Å²) in [6, 6.07) is 1.72. The lowest BCUT2D eigenvalue weighted by Gasteiger charge is -1.91. The minimum Gasteiger partial charge on any atom is -0.227 e. The van der Waals surface area contributed by atoms with E-state index in [1.54, 1.807) is 6.07 Å². The van der Waals surface area contributed by atoms with E-state index in [-0.39, 0.29) is 0 Å².